The quantitative estimate of drug-likeness (QED) is 0.815. The average Bonchev–Trinajstić information content (AvgIpc) is 2.73. The number of halogens is 1. The summed E-state index contributed by atoms with van der Waals surface area (Å²) in [5.74, 6) is 0.354. The first kappa shape index (κ1) is 22.7. The second-order valence-corrected chi connectivity index (χ2v) is 7.78. The molecule has 2 atom stereocenters. The Labute approximate surface area is 175 Å². The molecule has 5 nitrogen and oxygen atoms in total. The summed E-state index contributed by atoms with van der Waals surface area (Å²) in [6.45, 7) is 7.93. The Kier molecular flexibility index (Phi) is 8.77. The molecule has 0 aliphatic carbocycles. The molecular formula is C22H34ClN3O2. The van der Waals surface area contributed by atoms with Crippen LogP contribution >= 0.6 is 12.4 Å². The number of benzene rings is 1. The summed E-state index contributed by atoms with van der Waals surface area (Å²) in [4.78, 5) is 29.6. The van der Waals surface area contributed by atoms with Gasteiger partial charge < -0.3 is 15.1 Å². The van der Waals surface area contributed by atoms with E-state index in [4.69, 9.17) is 0 Å². The van der Waals surface area contributed by atoms with Crippen LogP contribution in [0.3, 0.4) is 0 Å². The van der Waals surface area contributed by atoms with Gasteiger partial charge in [-0.05, 0) is 36.8 Å². The van der Waals surface area contributed by atoms with E-state index in [1.807, 2.05) is 11.8 Å². The van der Waals surface area contributed by atoms with Gasteiger partial charge >= 0.3 is 0 Å². The molecule has 28 heavy (non-hydrogen) atoms. The van der Waals surface area contributed by atoms with E-state index in [1.165, 1.54) is 11.1 Å². The molecule has 2 aliphatic rings. The zero-order valence-electron chi connectivity index (χ0n) is 17.2. The molecule has 2 unspecified atom stereocenters. The maximum atomic E-state index is 13.3. The molecule has 2 heterocycles. The number of nitrogens with zero attached hydrogens (tertiary/aromatic N) is 2. The molecule has 0 radical (unpaired) electrons. The smallest absolute Gasteiger partial charge is 0.228 e. The molecule has 1 N–H and O–H groups in total. The second kappa shape index (κ2) is 10.8. The maximum Gasteiger partial charge on any atom is 0.228 e. The molecule has 2 aliphatic heterocycles. The van der Waals surface area contributed by atoms with Crippen molar-refractivity contribution in [3.63, 3.8) is 0 Å². The van der Waals surface area contributed by atoms with E-state index >= 15 is 0 Å². The molecule has 2 saturated heterocycles. The van der Waals surface area contributed by atoms with Crippen LogP contribution in [-0.4, -0.2) is 54.3 Å². The van der Waals surface area contributed by atoms with Crippen molar-refractivity contribution < 1.29 is 9.59 Å². The Morgan fingerprint density at radius 3 is 2.57 bits per heavy atom. The van der Waals surface area contributed by atoms with Gasteiger partial charge in [-0.3, -0.25) is 9.59 Å². The summed E-state index contributed by atoms with van der Waals surface area (Å²) in [7, 11) is 0. The lowest BCUT2D eigenvalue weighted by Gasteiger charge is -2.41. The summed E-state index contributed by atoms with van der Waals surface area (Å²) in [6.07, 6.45) is 4.28. The van der Waals surface area contributed by atoms with Gasteiger partial charge in [0, 0.05) is 39.1 Å². The fraction of sp³-hybridized carbons (Fsp3) is 0.636. The van der Waals surface area contributed by atoms with Gasteiger partial charge in [0.25, 0.3) is 0 Å². The van der Waals surface area contributed by atoms with Crippen LogP contribution in [0.4, 0.5) is 0 Å². The third-order valence-corrected chi connectivity index (χ3v) is 5.89. The topological polar surface area (TPSA) is 52.7 Å². The number of nitrogens with one attached hydrogen (secondary N) is 1. The molecule has 0 aromatic heterocycles. The molecular weight excluding hydrogens is 374 g/mol. The lowest BCUT2D eigenvalue weighted by Crippen LogP contribution is -2.53. The fourth-order valence-electron chi connectivity index (χ4n) is 4.25. The first-order valence-corrected chi connectivity index (χ1v) is 10.5. The van der Waals surface area contributed by atoms with Crippen molar-refractivity contribution in [2.75, 3.05) is 32.7 Å². The summed E-state index contributed by atoms with van der Waals surface area (Å²) in [5, 5.41) is 3.44. The summed E-state index contributed by atoms with van der Waals surface area (Å²) < 4.78 is 0. The maximum absolute atomic E-state index is 13.3. The number of piperazine rings is 1. The predicted octanol–water partition coefficient (Wildman–Crippen LogP) is 3.18. The highest BCUT2D eigenvalue weighted by atomic mass is 35.5. The number of aryl methyl sites for hydroxylation is 1. The molecule has 0 saturated carbocycles. The van der Waals surface area contributed by atoms with Gasteiger partial charge in [-0.15, -0.1) is 12.4 Å². The third-order valence-electron chi connectivity index (χ3n) is 5.89. The van der Waals surface area contributed by atoms with Gasteiger partial charge in [-0.1, -0.05) is 38.1 Å². The minimum Gasteiger partial charge on any atom is -0.342 e. The SMILES string of the molecule is CCCC(=O)N1CCCC(C(=O)N2CCNCC2c2ccc(CC)cc2)C1.Cl. The highest BCUT2D eigenvalue weighted by molar-refractivity contribution is 5.85. The van der Waals surface area contributed by atoms with E-state index < -0.39 is 0 Å². The van der Waals surface area contributed by atoms with E-state index in [-0.39, 0.29) is 36.2 Å². The number of carbonyl (C=O) groups excluding carboxylic acids is 2. The normalized spacial score (nSPS) is 22.5. The van der Waals surface area contributed by atoms with Gasteiger partial charge in [-0.2, -0.15) is 0 Å². The van der Waals surface area contributed by atoms with Crippen LogP contribution < -0.4 is 5.32 Å². The molecule has 6 heteroatoms. The largest absolute Gasteiger partial charge is 0.342 e. The molecule has 0 bridgehead atoms. The zero-order chi connectivity index (χ0) is 19.2. The molecule has 2 fully saturated rings. The summed E-state index contributed by atoms with van der Waals surface area (Å²) >= 11 is 0. The van der Waals surface area contributed by atoms with Crippen LogP contribution in [0, 0.1) is 5.92 Å². The van der Waals surface area contributed by atoms with E-state index in [1.54, 1.807) is 0 Å². The van der Waals surface area contributed by atoms with Gasteiger partial charge in [0.1, 0.15) is 0 Å². The van der Waals surface area contributed by atoms with Crippen LogP contribution in [0.15, 0.2) is 24.3 Å². The number of likely N-dealkylation sites (tertiary alicyclic amines) is 1. The molecule has 156 valence electrons. The number of carbonyl (C=O) groups is 2. The number of amides is 2. The lowest BCUT2D eigenvalue weighted by atomic mass is 9.93. The van der Waals surface area contributed by atoms with E-state index in [0.717, 1.165) is 51.9 Å². The Hall–Kier alpha value is -1.59. The van der Waals surface area contributed by atoms with E-state index in [0.29, 0.717) is 13.0 Å². The number of piperidine rings is 1. The van der Waals surface area contributed by atoms with Crippen LogP contribution in [0.2, 0.25) is 0 Å². The third kappa shape index (κ3) is 5.26. The molecule has 0 spiro atoms. The minimum atomic E-state index is -0.0601. The van der Waals surface area contributed by atoms with Crippen molar-refractivity contribution in [2.45, 2.75) is 52.0 Å². The van der Waals surface area contributed by atoms with Crippen molar-refractivity contribution in [2.24, 2.45) is 5.92 Å². The van der Waals surface area contributed by atoms with E-state index in [2.05, 4.69) is 41.4 Å². The molecule has 1 aromatic rings. The highest BCUT2D eigenvalue weighted by Crippen LogP contribution is 2.27. The molecule has 3 rings (SSSR count). The first-order valence-electron chi connectivity index (χ1n) is 10.5. The van der Waals surface area contributed by atoms with Gasteiger partial charge in [0.2, 0.25) is 11.8 Å². The second-order valence-electron chi connectivity index (χ2n) is 7.78. The van der Waals surface area contributed by atoms with Crippen LogP contribution in [0.5, 0.6) is 0 Å². The summed E-state index contributed by atoms with van der Waals surface area (Å²) in [6, 6.07) is 8.74. The number of hydrogen-bond acceptors (Lipinski definition) is 3. The van der Waals surface area contributed by atoms with Gasteiger partial charge in [0.15, 0.2) is 0 Å². The first-order chi connectivity index (χ1) is 13.1. The Balaban J connectivity index is 0.00000280. The highest BCUT2D eigenvalue weighted by Gasteiger charge is 2.35. The Morgan fingerprint density at radius 2 is 1.89 bits per heavy atom. The number of hydrogen-bond donors (Lipinski definition) is 1. The van der Waals surface area contributed by atoms with Crippen molar-refractivity contribution in [3.05, 3.63) is 35.4 Å². The number of rotatable bonds is 5. The van der Waals surface area contributed by atoms with Crippen molar-refractivity contribution in [1.29, 1.82) is 0 Å². The van der Waals surface area contributed by atoms with Crippen LogP contribution in [-0.2, 0) is 16.0 Å². The Bertz CT molecular complexity index is 650. The van der Waals surface area contributed by atoms with Crippen molar-refractivity contribution in [1.82, 2.24) is 15.1 Å². The van der Waals surface area contributed by atoms with E-state index in [9.17, 15) is 9.59 Å². The van der Waals surface area contributed by atoms with Crippen molar-refractivity contribution >= 4 is 24.2 Å². The Morgan fingerprint density at radius 1 is 1.14 bits per heavy atom. The average molecular weight is 408 g/mol. The fourth-order valence-corrected chi connectivity index (χ4v) is 4.25. The van der Waals surface area contributed by atoms with Crippen molar-refractivity contribution in [3.8, 4) is 0 Å². The lowest BCUT2D eigenvalue weighted by molar-refractivity contribution is -0.143. The van der Waals surface area contributed by atoms with Gasteiger partial charge in [-0.25, -0.2) is 0 Å². The zero-order valence-corrected chi connectivity index (χ0v) is 18.0. The standard InChI is InChI=1S/C22H33N3O2.ClH/c1-3-6-21(26)24-13-5-7-19(16-24)22(27)25-14-12-23-15-20(25)18-10-8-17(4-2)9-11-18;/h8-11,19-20,23H,3-7,12-16H2,1-2H3;1H. The molecule has 2 amide bonds. The minimum absolute atomic E-state index is 0. The molecule has 1 aromatic carbocycles. The predicted molar refractivity (Wildman–Crippen MR) is 115 cm³/mol. The van der Waals surface area contributed by atoms with Crippen LogP contribution in [0.25, 0.3) is 0 Å². The van der Waals surface area contributed by atoms with Gasteiger partial charge in [0.05, 0.1) is 12.0 Å². The monoisotopic (exact) mass is 407 g/mol. The summed E-state index contributed by atoms with van der Waals surface area (Å²) in [5.41, 5.74) is 2.51. The van der Waals surface area contributed by atoms with Crippen LogP contribution in [0.1, 0.15) is 56.7 Å².